The van der Waals surface area contributed by atoms with Crippen LogP contribution in [-0.2, 0) is 14.8 Å². The number of halogens is 1. The summed E-state index contributed by atoms with van der Waals surface area (Å²) in [7, 11) is -2.42. The van der Waals surface area contributed by atoms with Crippen molar-refractivity contribution in [3.63, 3.8) is 0 Å². The fourth-order valence-electron chi connectivity index (χ4n) is 4.24. The SMILES string of the molecule is COc1ccc2c(c1)OC(C)(C)CC2NC(=O)CN(c1cccc(Br)c1)S(=O)(=O)c1ccc(C)cc1. The van der Waals surface area contributed by atoms with Crippen LogP contribution < -0.4 is 19.1 Å². The topological polar surface area (TPSA) is 84.9 Å². The van der Waals surface area contributed by atoms with Crippen molar-refractivity contribution in [2.75, 3.05) is 18.0 Å². The van der Waals surface area contributed by atoms with E-state index in [9.17, 15) is 13.2 Å². The molecule has 0 saturated heterocycles. The molecule has 0 aromatic heterocycles. The first-order valence-electron chi connectivity index (χ1n) is 11.5. The van der Waals surface area contributed by atoms with Crippen molar-refractivity contribution in [3.05, 3.63) is 82.3 Å². The van der Waals surface area contributed by atoms with Gasteiger partial charge in [0.05, 0.1) is 23.7 Å². The highest BCUT2D eigenvalue weighted by molar-refractivity contribution is 9.10. The minimum absolute atomic E-state index is 0.116. The maximum Gasteiger partial charge on any atom is 0.264 e. The van der Waals surface area contributed by atoms with Gasteiger partial charge in [-0.2, -0.15) is 0 Å². The van der Waals surface area contributed by atoms with Gasteiger partial charge < -0.3 is 14.8 Å². The van der Waals surface area contributed by atoms with Gasteiger partial charge in [-0.3, -0.25) is 9.10 Å². The van der Waals surface area contributed by atoms with Crippen molar-refractivity contribution in [1.82, 2.24) is 5.32 Å². The second kappa shape index (κ2) is 10.1. The smallest absolute Gasteiger partial charge is 0.264 e. The van der Waals surface area contributed by atoms with Crippen LogP contribution in [0.3, 0.4) is 0 Å². The quantitative estimate of drug-likeness (QED) is 0.411. The molecule has 0 fully saturated rings. The van der Waals surface area contributed by atoms with Gasteiger partial charge in [0, 0.05) is 22.5 Å². The van der Waals surface area contributed by atoms with E-state index in [0.29, 0.717) is 28.1 Å². The number of rotatable bonds is 7. The van der Waals surface area contributed by atoms with E-state index in [1.165, 1.54) is 0 Å². The standard InChI is InChI=1S/C27H29BrN2O5S/c1-18-8-11-22(12-9-18)36(32,33)30(20-7-5-6-19(28)14-20)17-26(31)29-24-16-27(2,3)35-25-15-21(34-4)10-13-23(24)25/h5-15,24H,16-17H2,1-4H3,(H,29,31). The van der Waals surface area contributed by atoms with Crippen LogP contribution in [0.1, 0.15) is 37.4 Å². The zero-order chi connectivity index (χ0) is 26.1. The molecule has 0 bridgehead atoms. The van der Waals surface area contributed by atoms with Crippen LogP contribution in [0.15, 0.2) is 76.1 Å². The van der Waals surface area contributed by atoms with Crippen LogP contribution in [0.2, 0.25) is 0 Å². The molecule has 0 saturated carbocycles. The Kier molecular flexibility index (Phi) is 7.33. The summed E-state index contributed by atoms with van der Waals surface area (Å²) in [4.78, 5) is 13.5. The molecule has 1 amide bonds. The number of anilines is 1. The van der Waals surface area contributed by atoms with Crippen LogP contribution in [-0.4, -0.2) is 33.6 Å². The average molecular weight is 574 g/mol. The summed E-state index contributed by atoms with van der Waals surface area (Å²) in [6.07, 6.45) is 0.527. The van der Waals surface area contributed by atoms with Crippen LogP contribution in [0.25, 0.3) is 0 Å². The number of nitrogens with one attached hydrogen (secondary N) is 1. The molecule has 1 heterocycles. The number of hydrogen-bond acceptors (Lipinski definition) is 5. The predicted octanol–water partition coefficient (Wildman–Crippen LogP) is 5.38. The number of carbonyl (C=O) groups is 1. The maximum atomic E-state index is 13.7. The highest BCUT2D eigenvalue weighted by Gasteiger charge is 2.36. The Morgan fingerprint density at radius 3 is 2.53 bits per heavy atom. The number of ether oxygens (including phenoxy) is 2. The summed E-state index contributed by atoms with van der Waals surface area (Å²) in [5, 5.41) is 3.04. The Labute approximate surface area is 220 Å². The lowest BCUT2D eigenvalue weighted by Crippen LogP contribution is -2.45. The van der Waals surface area contributed by atoms with Crippen molar-refractivity contribution >= 4 is 37.5 Å². The zero-order valence-electron chi connectivity index (χ0n) is 20.6. The molecule has 190 valence electrons. The van der Waals surface area contributed by atoms with Crippen molar-refractivity contribution in [2.45, 2.75) is 43.7 Å². The van der Waals surface area contributed by atoms with E-state index in [2.05, 4.69) is 21.2 Å². The van der Waals surface area contributed by atoms with Crippen molar-refractivity contribution in [3.8, 4) is 11.5 Å². The Morgan fingerprint density at radius 1 is 1.14 bits per heavy atom. The number of nitrogens with zero attached hydrogens (tertiary/aromatic N) is 1. The van der Waals surface area contributed by atoms with Crippen LogP contribution in [0.4, 0.5) is 5.69 Å². The van der Waals surface area contributed by atoms with E-state index in [4.69, 9.17) is 9.47 Å². The van der Waals surface area contributed by atoms with Gasteiger partial charge >= 0.3 is 0 Å². The summed E-state index contributed by atoms with van der Waals surface area (Å²) in [5.41, 5.74) is 1.62. The lowest BCUT2D eigenvalue weighted by atomic mass is 9.89. The number of amides is 1. The van der Waals surface area contributed by atoms with E-state index < -0.39 is 21.5 Å². The van der Waals surface area contributed by atoms with Crippen molar-refractivity contribution in [2.24, 2.45) is 0 Å². The Bertz CT molecular complexity index is 1370. The van der Waals surface area contributed by atoms with Crippen molar-refractivity contribution < 1.29 is 22.7 Å². The average Bonchev–Trinajstić information content (AvgIpc) is 2.81. The minimum Gasteiger partial charge on any atom is -0.497 e. The van der Waals surface area contributed by atoms with Gasteiger partial charge in [-0.25, -0.2) is 8.42 Å². The second-order valence-corrected chi connectivity index (χ2v) is 12.2. The van der Waals surface area contributed by atoms with E-state index in [0.717, 1.165) is 15.4 Å². The molecular weight excluding hydrogens is 544 g/mol. The normalized spacial score (nSPS) is 16.4. The van der Waals surface area contributed by atoms with Crippen LogP contribution >= 0.6 is 15.9 Å². The number of aryl methyl sites for hydroxylation is 1. The Morgan fingerprint density at radius 2 is 1.86 bits per heavy atom. The van der Waals surface area contributed by atoms with E-state index in [-0.39, 0.29) is 17.5 Å². The van der Waals surface area contributed by atoms with Gasteiger partial charge in [-0.05, 0) is 63.2 Å². The molecule has 1 aliphatic heterocycles. The van der Waals surface area contributed by atoms with Gasteiger partial charge in [0.2, 0.25) is 5.91 Å². The largest absolute Gasteiger partial charge is 0.497 e. The third-order valence-electron chi connectivity index (χ3n) is 6.01. The zero-order valence-corrected chi connectivity index (χ0v) is 23.0. The molecule has 0 radical (unpaired) electrons. The molecule has 0 aliphatic carbocycles. The summed E-state index contributed by atoms with van der Waals surface area (Å²) in [6, 6.07) is 18.6. The fraction of sp³-hybridized carbons (Fsp3) is 0.296. The molecule has 1 aliphatic rings. The van der Waals surface area contributed by atoms with Gasteiger partial charge in [0.25, 0.3) is 10.0 Å². The molecule has 0 spiro atoms. The molecule has 9 heteroatoms. The Balaban J connectivity index is 1.65. The second-order valence-electron chi connectivity index (χ2n) is 9.39. The van der Waals surface area contributed by atoms with E-state index in [1.54, 1.807) is 61.7 Å². The summed E-state index contributed by atoms with van der Waals surface area (Å²) in [6.45, 7) is 5.41. The van der Waals surface area contributed by atoms with Gasteiger partial charge in [-0.1, -0.05) is 39.7 Å². The predicted molar refractivity (Wildman–Crippen MR) is 143 cm³/mol. The number of carbonyl (C=O) groups excluding carboxylic acids is 1. The summed E-state index contributed by atoms with van der Waals surface area (Å²) >= 11 is 3.40. The lowest BCUT2D eigenvalue weighted by Gasteiger charge is -2.38. The molecule has 3 aromatic rings. The molecule has 7 nitrogen and oxygen atoms in total. The molecule has 1 atom stereocenters. The van der Waals surface area contributed by atoms with E-state index >= 15 is 0 Å². The number of hydrogen-bond donors (Lipinski definition) is 1. The number of methoxy groups -OCH3 is 1. The van der Waals surface area contributed by atoms with Gasteiger partial charge in [0.15, 0.2) is 0 Å². The molecule has 1 unspecified atom stereocenters. The molecule has 4 rings (SSSR count). The van der Waals surface area contributed by atoms with Gasteiger partial charge in [-0.15, -0.1) is 0 Å². The monoisotopic (exact) mass is 572 g/mol. The molecule has 3 aromatic carbocycles. The molecule has 1 N–H and O–H groups in total. The third-order valence-corrected chi connectivity index (χ3v) is 8.29. The first-order valence-corrected chi connectivity index (χ1v) is 13.7. The highest BCUT2D eigenvalue weighted by atomic mass is 79.9. The molecular formula is C27H29BrN2O5S. The minimum atomic E-state index is -4.01. The third kappa shape index (κ3) is 5.68. The van der Waals surface area contributed by atoms with Crippen molar-refractivity contribution in [1.29, 1.82) is 0 Å². The summed E-state index contributed by atoms with van der Waals surface area (Å²) < 4.78 is 40.6. The molecule has 36 heavy (non-hydrogen) atoms. The van der Waals surface area contributed by atoms with E-state index in [1.807, 2.05) is 32.9 Å². The number of sulfonamides is 1. The highest BCUT2D eigenvalue weighted by Crippen LogP contribution is 2.41. The number of fused-ring (bicyclic) bond motifs is 1. The first kappa shape index (κ1) is 26.0. The van der Waals surface area contributed by atoms with Crippen LogP contribution in [0, 0.1) is 6.92 Å². The maximum absolute atomic E-state index is 13.7. The van der Waals surface area contributed by atoms with Gasteiger partial charge in [0.1, 0.15) is 23.6 Å². The Hall–Kier alpha value is -3.04. The first-order chi connectivity index (χ1) is 17.0. The van der Waals surface area contributed by atoms with Crippen LogP contribution in [0.5, 0.6) is 11.5 Å². The summed E-state index contributed by atoms with van der Waals surface area (Å²) in [5.74, 6) is 0.865. The lowest BCUT2D eigenvalue weighted by molar-refractivity contribution is -0.120. The fourth-order valence-corrected chi connectivity index (χ4v) is 6.04. The number of benzene rings is 3.